The van der Waals surface area contributed by atoms with Gasteiger partial charge in [0.1, 0.15) is 12.3 Å². The van der Waals surface area contributed by atoms with Gasteiger partial charge in [-0.3, -0.25) is 19.6 Å². The van der Waals surface area contributed by atoms with E-state index < -0.39 is 10.8 Å². The molecule has 0 unspecified atom stereocenters. The number of hydrogen-bond acceptors (Lipinski definition) is 5. The fraction of sp³-hybridized carbons (Fsp3) is 0.167. The van der Waals surface area contributed by atoms with E-state index >= 15 is 0 Å². The molecular weight excluding hydrogens is 264 g/mol. The van der Waals surface area contributed by atoms with Crippen molar-refractivity contribution in [3.63, 3.8) is 0 Å². The van der Waals surface area contributed by atoms with Crippen LogP contribution in [-0.2, 0) is 11.3 Å². The molecule has 1 heterocycles. The normalized spacial score (nSPS) is 10.2. The Kier molecular flexibility index (Phi) is 3.65. The molecule has 0 saturated carbocycles. The summed E-state index contributed by atoms with van der Waals surface area (Å²) in [6, 6.07) is 5.22. The number of aryl methyl sites for hydroxylation is 1. The van der Waals surface area contributed by atoms with E-state index in [4.69, 9.17) is 0 Å². The van der Waals surface area contributed by atoms with Crippen LogP contribution < -0.4 is 5.32 Å². The maximum Gasteiger partial charge on any atom is 0.273 e. The number of nitro benzene ring substituents is 1. The van der Waals surface area contributed by atoms with Crippen LogP contribution >= 0.6 is 0 Å². The molecule has 104 valence electrons. The highest BCUT2D eigenvalue weighted by Gasteiger charge is 2.12. The molecular formula is C12H12N4O4. The first-order valence-electron chi connectivity index (χ1n) is 5.73. The molecule has 0 fully saturated rings. The van der Waals surface area contributed by atoms with Gasteiger partial charge in [-0.05, 0) is 19.1 Å². The van der Waals surface area contributed by atoms with E-state index in [1.54, 1.807) is 19.2 Å². The zero-order chi connectivity index (χ0) is 14.7. The third-order valence-corrected chi connectivity index (χ3v) is 2.55. The van der Waals surface area contributed by atoms with Gasteiger partial charge in [-0.25, -0.2) is 0 Å². The average Bonchev–Trinajstić information content (AvgIpc) is 2.77. The summed E-state index contributed by atoms with van der Waals surface area (Å²) in [5.41, 5.74) is 0.656. The number of phenols is 1. The average molecular weight is 276 g/mol. The predicted molar refractivity (Wildman–Crippen MR) is 70.4 cm³/mol. The Morgan fingerprint density at radius 3 is 2.80 bits per heavy atom. The number of rotatable bonds is 4. The van der Waals surface area contributed by atoms with Crippen LogP contribution in [0, 0.1) is 17.0 Å². The van der Waals surface area contributed by atoms with E-state index in [1.807, 2.05) is 0 Å². The maximum absolute atomic E-state index is 11.7. The van der Waals surface area contributed by atoms with E-state index in [1.165, 1.54) is 16.8 Å². The summed E-state index contributed by atoms with van der Waals surface area (Å²) in [7, 11) is 0. The molecule has 8 nitrogen and oxygen atoms in total. The van der Waals surface area contributed by atoms with Crippen LogP contribution in [0.5, 0.6) is 5.75 Å². The van der Waals surface area contributed by atoms with Crippen LogP contribution in [0.1, 0.15) is 5.69 Å². The molecule has 2 rings (SSSR count). The number of hydrogen-bond donors (Lipinski definition) is 2. The van der Waals surface area contributed by atoms with Gasteiger partial charge in [0, 0.05) is 12.3 Å². The van der Waals surface area contributed by atoms with E-state index in [9.17, 15) is 20.0 Å². The molecule has 8 heteroatoms. The summed E-state index contributed by atoms with van der Waals surface area (Å²) >= 11 is 0. The molecule has 0 atom stereocenters. The number of aromatic hydroxyl groups is 1. The lowest BCUT2D eigenvalue weighted by atomic mass is 10.2. The molecule has 1 aromatic heterocycles. The van der Waals surface area contributed by atoms with Gasteiger partial charge in [0.25, 0.3) is 5.69 Å². The number of aromatic nitrogens is 2. The van der Waals surface area contributed by atoms with Crippen molar-refractivity contribution in [3.05, 3.63) is 46.3 Å². The van der Waals surface area contributed by atoms with Gasteiger partial charge >= 0.3 is 0 Å². The number of carbonyl (C=O) groups excluding carboxylic acids is 1. The third-order valence-electron chi connectivity index (χ3n) is 2.55. The summed E-state index contributed by atoms with van der Waals surface area (Å²) in [4.78, 5) is 21.6. The monoisotopic (exact) mass is 276 g/mol. The van der Waals surface area contributed by atoms with Gasteiger partial charge in [0.15, 0.2) is 0 Å². The van der Waals surface area contributed by atoms with Gasteiger partial charge in [-0.2, -0.15) is 5.10 Å². The Morgan fingerprint density at radius 2 is 2.25 bits per heavy atom. The number of anilines is 1. The lowest BCUT2D eigenvalue weighted by Crippen LogP contribution is -2.19. The van der Waals surface area contributed by atoms with Crippen molar-refractivity contribution in [2.75, 3.05) is 5.32 Å². The quantitative estimate of drug-likeness (QED) is 0.498. The Hall–Kier alpha value is -2.90. The first-order chi connectivity index (χ1) is 9.45. The molecule has 0 aliphatic heterocycles. The van der Waals surface area contributed by atoms with Crippen molar-refractivity contribution in [2.24, 2.45) is 0 Å². The first-order valence-corrected chi connectivity index (χ1v) is 5.73. The van der Waals surface area contributed by atoms with Gasteiger partial charge < -0.3 is 10.4 Å². The number of nitrogens with one attached hydrogen (secondary N) is 1. The second kappa shape index (κ2) is 5.39. The highest BCUT2D eigenvalue weighted by molar-refractivity contribution is 5.92. The number of nitro groups is 1. The molecule has 0 bridgehead atoms. The fourth-order valence-corrected chi connectivity index (χ4v) is 1.63. The Bertz CT molecular complexity index is 665. The smallest absolute Gasteiger partial charge is 0.273 e. The summed E-state index contributed by atoms with van der Waals surface area (Å²) in [6.45, 7) is 1.79. The van der Waals surface area contributed by atoms with Crippen LogP contribution in [0.3, 0.4) is 0 Å². The van der Waals surface area contributed by atoms with Crippen LogP contribution in [0.4, 0.5) is 11.4 Å². The topological polar surface area (TPSA) is 110 Å². The molecule has 0 radical (unpaired) electrons. The highest BCUT2D eigenvalue weighted by Crippen LogP contribution is 2.27. The molecule has 1 amide bonds. The summed E-state index contributed by atoms with van der Waals surface area (Å²) in [5, 5.41) is 26.7. The molecule has 0 saturated heterocycles. The van der Waals surface area contributed by atoms with Crippen LogP contribution in [-0.4, -0.2) is 25.7 Å². The second-order valence-corrected chi connectivity index (χ2v) is 4.16. The lowest BCUT2D eigenvalue weighted by Gasteiger charge is -2.07. The van der Waals surface area contributed by atoms with E-state index in [-0.39, 0.29) is 23.7 Å². The van der Waals surface area contributed by atoms with Gasteiger partial charge in [-0.15, -0.1) is 0 Å². The van der Waals surface area contributed by atoms with E-state index in [2.05, 4.69) is 10.4 Å². The van der Waals surface area contributed by atoms with Crippen molar-refractivity contribution < 1.29 is 14.8 Å². The van der Waals surface area contributed by atoms with Crippen LogP contribution in [0.2, 0.25) is 0 Å². The molecule has 1 aromatic carbocycles. The minimum atomic E-state index is -0.627. The van der Waals surface area contributed by atoms with Gasteiger partial charge in [0.05, 0.1) is 22.4 Å². The number of phenolic OH excluding ortho intramolecular Hbond substituents is 1. The van der Waals surface area contributed by atoms with Crippen molar-refractivity contribution in [1.82, 2.24) is 9.78 Å². The maximum atomic E-state index is 11.7. The first kappa shape index (κ1) is 13.5. The molecule has 20 heavy (non-hydrogen) atoms. The zero-order valence-electron chi connectivity index (χ0n) is 10.6. The predicted octanol–water partition coefficient (Wildman–Crippen LogP) is 1.44. The number of benzene rings is 1. The van der Waals surface area contributed by atoms with Crippen molar-refractivity contribution in [3.8, 4) is 5.75 Å². The second-order valence-electron chi connectivity index (χ2n) is 4.16. The third kappa shape index (κ3) is 3.10. The number of non-ortho nitro benzene ring substituents is 1. The SMILES string of the molecule is Cc1ccn(CC(=O)Nc2ccc([N+](=O)[O-])cc2O)n1. The standard InChI is InChI=1S/C12H12N4O4/c1-8-4-5-15(14-8)7-12(18)13-10-3-2-9(16(19)20)6-11(10)17/h2-6,17H,7H2,1H3,(H,13,18). The molecule has 0 aliphatic carbocycles. The molecule has 0 spiro atoms. The highest BCUT2D eigenvalue weighted by atomic mass is 16.6. The van der Waals surface area contributed by atoms with Crippen molar-refractivity contribution >= 4 is 17.3 Å². The minimum absolute atomic E-state index is 0.00966. The van der Waals surface area contributed by atoms with Crippen LogP contribution in [0.25, 0.3) is 0 Å². The van der Waals surface area contributed by atoms with Crippen molar-refractivity contribution in [1.29, 1.82) is 0 Å². The molecule has 2 N–H and O–H groups in total. The number of amides is 1. The van der Waals surface area contributed by atoms with E-state index in [0.29, 0.717) is 0 Å². The summed E-state index contributed by atoms with van der Waals surface area (Å²) < 4.78 is 1.45. The summed E-state index contributed by atoms with van der Waals surface area (Å²) in [6.07, 6.45) is 1.66. The number of nitrogens with zero attached hydrogens (tertiary/aromatic N) is 3. The molecule has 0 aliphatic rings. The lowest BCUT2D eigenvalue weighted by molar-refractivity contribution is -0.384. The Morgan fingerprint density at radius 1 is 1.50 bits per heavy atom. The zero-order valence-corrected chi connectivity index (χ0v) is 10.6. The largest absolute Gasteiger partial charge is 0.506 e. The van der Waals surface area contributed by atoms with E-state index in [0.717, 1.165) is 11.8 Å². The minimum Gasteiger partial charge on any atom is -0.506 e. The Balaban J connectivity index is 2.06. The fourth-order valence-electron chi connectivity index (χ4n) is 1.63. The number of carbonyl (C=O) groups is 1. The van der Waals surface area contributed by atoms with Crippen molar-refractivity contribution in [2.45, 2.75) is 13.5 Å². The summed E-state index contributed by atoms with van der Waals surface area (Å²) in [5.74, 6) is -0.749. The molecule has 2 aromatic rings. The van der Waals surface area contributed by atoms with Gasteiger partial charge in [0.2, 0.25) is 5.91 Å². The van der Waals surface area contributed by atoms with Crippen LogP contribution in [0.15, 0.2) is 30.5 Å². The Labute approximate surface area is 113 Å². The van der Waals surface area contributed by atoms with Gasteiger partial charge in [-0.1, -0.05) is 0 Å².